The maximum atomic E-state index is 12.7. The van der Waals surface area contributed by atoms with Crippen molar-refractivity contribution < 1.29 is 13.2 Å². The van der Waals surface area contributed by atoms with Crippen molar-refractivity contribution in [2.45, 2.75) is 24.6 Å². The molecule has 1 aliphatic rings. The quantitative estimate of drug-likeness (QED) is 0.819. The van der Waals surface area contributed by atoms with Gasteiger partial charge in [0.05, 0.1) is 22.3 Å². The fraction of sp³-hybridized carbons (Fsp3) is 0.333. The molecule has 7 heteroatoms. The van der Waals surface area contributed by atoms with Crippen LogP contribution in [0, 0.1) is 0 Å². The largest absolute Gasteiger partial charge is 0.416 e. The Hall–Kier alpha value is -1.40. The number of nitrogens with two attached hydrogens (primary N) is 1. The molecule has 0 radical (unpaired) electrons. The summed E-state index contributed by atoms with van der Waals surface area (Å²) in [6.07, 6.45) is -2.92. The van der Waals surface area contributed by atoms with Gasteiger partial charge in [-0.1, -0.05) is 6.07 Å². The lowest BCUT2D eigenvalue weighted by Crippen LogP contribution is -2.21. The number of alkyl halides is 3. The first kappa shape index (κ1) is 12.6. The molecule has 3 rings (SSSR count). The van der Waals surface area contributed by atoms with Crippen LogP contribution in [0.15, 0.2) is 18.2 Å². The van der Waals surface area contributed by atoms with Gasteiger partial charge in [0.25, 0.3) is 0 Å². The fourth-order valence-corrected chi connectivity index (χ4v) is 2.20. The molecule has 1 heterocycles. The van der Waals surface area contributed by atoms with Crippen molar-refractivity contribution in [2.24, 2.45) is 5.73 Å². The number of hydrogen-bond donors (Lipinski definition) is 1. The predicted molar refractivity (Wildman–Crippen MR) is 64.6 cm³/mol. The maximum Gasteiger partial charge on any atom is 0.416 e. The summed E-state index contributed by atoms with van der Waals surface area (Å²) in [5.74, 6) is 0. The van der Waals surface area contributed by atoms with E-state index in [4.69, 9.17) is 17.3 Å². The molecule has 2 N–H and O–H groups in total. The second-order valence-electron chi connectivity index (χ2n) is 4.73. The van der Waals surface area contributed by atoms with Crippen molar-refractivity contribution in [3.8, 4) is 0 Å². The predicted octanol–water partition coefficient (Wildman–Crippen LogP) is 3.25. The summed E-state index contributed by atoms with van der Waals surface area (Å²) in [6, 6.07) is 3.34. The van der Waals surface area contributed by atoms with Gasteiger partial charge in [0.15, 0.2) is 0 Å². The lowest BCUT2D eigenvalue weighted by Gasteiger charge is -2.13. The van der Waals surface area contributed by atoms with Gasteiger partial charge in [0.1, 0.15) is 0 Å². The summed E-state index contributed by atoms with van der Waals surface area (Å²) in [5, 5.41) is 0.441. The highest BCUT2D eigenvalue weighted by molar-refractivity contribution is 6.28. The lowest BCUT2D eigenvalue weighted by molar-refractivity contribution is -0.137. The average Bonchev–Trinajstić information content (AvgIpc) is 3.05. The molecule has 1 aliphatic carbocycles. The van der Waals surface area contributed by atoms with Crippen molar-refractivity contribution in [1.29, 1.82) is 0 Å². The van der Waals surface area contributed by atoms with Crippen LogP contribution in [-0.2, 0) is 11.7 Å². The Morgan fingerprint density at radius 2 is 1.89 bits per heavy atom. The molecule has 0 atom stereocenters. The fourth-order valence-electron chi connectivity index (χ4n) is 2.03. The Bertz CT molecular complexity index is 665. The van der Waals surface area contributed by atoms with Crippen LogP contribution in [0.3, 0.4) is 0 Å². The minimum atomic E-state index is -4.41. The molecule has 100 valence electrons. The van der Waals surface area contributed by atoms with Crippen molar-refractivity contribution in [3.05, 3.63) is 34.7 Å². The summed E-state index contributed by atoms with van der Waals surface area (Å²) >= 11 is 5.77. The second kappa shape index (κ2) is 3.80. The van der Waals surface area contributed by atoms with Crippen molar-refractivity contribution in [2.75, 3.05) is 0 Å². The van der Waals surface area contributed by atoms with Gasteiger partial charge in [0, 0.05) is 5.39 Å². The minimum absolute atomic E-state index is 0.0847. The zero-order valence-electron chi connectivity index (χ0n) is 9.63. The van der Waals surface area contributed by atoms with E-state index >= 15 is 0 Å². The van der Waals surface area contributed by atoms with Gasteiger partial charge in [-0.25, -0.2) is 9.97 Å². The van der Waals surface area contributed by atoms with Crippen LogP contribution in [0.25, 0.3) is 10.9 Å². The normalized spacial score (nSPS) is 17.7. The summed E-state index contributed by atoms with van der Waals surface area (Å²) in [4.78, 5) is 7.93. The Morgan fingerprint density at radius 3 is 2.47 bits per heavy atom. The molecule has 0 bridgehead atoms. The van der Waals surface area contributed by atoms with Crippen LogP contribution >= 0.6 is 11.6 Å². The van der Waals surface area contributed by atoms with E-state index in [1.807, 2.05) is 0 Å². The van der Waals surface area contributed by atoms with Crippen LogP contribution in [0.1, 0.15) is 24.1 Å². The molecule has 0 unspecified atom stereocenters. The van der Waals surface area contributed by atoms with Gasteiger partial charge in [0.2, 0.25) is 5.28 Å². The molecular weight excluding hydrogens is 279 g/mol. The second-order valence-corrected chi connectivity index (χ2v) is 5.07. The Labute approximate surface area is 111 Å². The SMILES string of the molecule is NC1(c2nc(Cl)nc3cc(C(F)(F)F)ccc23)CC1. The number of halogens is 4. The third kappa shape index (κ3) is 2.15. The first-order valence-corrected chi connectivity index (χ1v) is 6.01. The van der Waals surface area contributed by atoms with Gasteiger partial charge >= 0.3 is 6.18 Å². The summed E-state index contributed by atoms with van der Waals surface area (Å²) in [6.45, 7) is 0. The third-order valence-corrected chi connectivity index (χ3v) is 3.43. The van der Waals surface area contributed by atoms with Gasteiger partial charge in [-0.2, -0.15) is 13.2 Å². The molecule has 1 aromatic heterocycles. The molecule has 0 aliphatic heterocycles. The van der Waals surface area contributed by atoms with E-state index in [1.54, 1.807) is 0 Å². The Kier molecular flexibility index (Phi) is 2.53. The van der Waals surface area contributed by atoms with Crippen LogP contribution < -0.4 is 5.73 Å². The molecule has 2 aromatic rings. The molecule has 0 saturated heterocycles. The van der Waals surface area contributed by atoms with E-state index in [0.717, 1.165) is 25.0 Å². The summed E-state index contributed by atoms with van der Waals surface area (Å²) < 4.78 is 38.0. The van der Waals surface area contributed by atoms with Gasteiger partial charge in [-0.15, -0.1) is 0 Å². The van der Waals surface area contributed by atoms with E-state index in [1.165, 1.54) is 6.07 Å². The summed E-state index contributed by atoms with van der Waals surface area (Å²) in [7, 11) is 0. The monoisotopic (exact) mass is 287 g/mol. The summed E-state index contributed by atoms with van der Waals surface area (Å²) in [5.41, 5.74) is 5.41. The van der Waals surface area contributed by atoms with Gasteiger partial charge in [-0.3, -0.25) is 0 Å². The third-order valence-electron chi connectivity index (χ3n) is 3.26. The van der Waals surface area contributed by atoms with E-state index in [9.17, 15) is 13.2 Å². The smallest absolute Gasteiger partial charge is 0.320 e. The van der Waals surface area contributed by atoms with E-state index in [2.05, 4.69) is 9.97 Å². The van der Waals surface area contributed by atoms with Crippen LogP contribution in [0.5, 0.6) is 0 Å². The molecule has 0 amide bonds. The number of benzene rings is 1. The van der Waals surface area contributed by atoms with Crippen molar-refractivity contribution in [3.63, 3.8) is 0 Å². The highest BCUT2D eigenvalue weighted by atomic mass is 35.5. The standard InChI is InChI=1S/C12H9ClF3N3/c13-10-18-8-5-6(12(14,15)16)1-2-7(8)9(19-10)11(17)3-4-11/h1-2,5H,3-4,17H2. The lowest BCUT2D eigenvalue weighted by atomic mass is 10.0. The maximum absolute atomic E-state index is 12.7. The highest BCUT2D eigenvalue weighted by Crippen LogP contribution is 2.44. The molecule has 1 fully saturated rings. The Balaban J connectivity index is 2.25. The molecule has 1 saturated carbocycles. The minimum Gasteiger partial charge on any atom is -0.320 e. The zero-order valence-corrected chi connectivity index (χ0v) is 10.4. The topological polar surface area (TPSA) is 51.8 Å². The molecule has 0 spiro atoms. The first-order valence-electron chi connectivity index (χ1n) is 5.63. The average molecular weight is 288 g/mol. The molecule has 19 heavy (non-hydrogen) atoms. The number of aromatic nitrogens is 2. The number of hydrogen-bond acceptors (Lipinski definition) is 3. The van der Waals surface area contributed by atoms with Crippen LogP contribution in [-0.4, -0.2) is 9.97 Å². The van der Waals surface area contributed by atoms with Crippen molar-refractivity contribution >= 4 is 22.5 Å². The molecular formula is C12H9ClF3N3. The van der Waals surface area contributed by atoms with E-state index in [0.29, 0.717) is 11.1 Å². The number of rotatable bonds is 1. The first-order chi connectivity index (χ1) is 8.79. The highest BCUT2D eigenvalue weighted by Gasteiger charge is 2.43. The van der Waals surface area contributed by atoms with E-state index < -0.39 is 17.3 Å². The molecule has 3 nitrogen and oxygen atoms in total. The van der Waals surface area contributed by atoms with Crippen LogP contribution in [0.2, 0.25) is 5.28 Å². The van der Waals surface area contributed by atoms with Crippen LogP contribution in [0.4, 0.5) is 13.2 Å². The Morgan fingerprint density at radius 1 is 1.21 bits per heavy atom. The zero-order chi connectivity index (χ0) is 13.8. The number of nitrogens with zero attached hydrogens (tertiary/aromatic N) is 2. The van der Waals surface area contributed by atoms with Gasteiger partial charge < -0.3 is 5.73 Å². The number of fused-ring (bicyclic) bond motifs is 1. The van der Waals surface area contributed by atoms with E-state index in [-0.39, 0.29) is 10.8 Å². The molecule has 1 aromatic carbocycles. The van der Waals surface area contributed by atoms with Gasteiger partial charge in [-0.05, 0) is 36.6 Å². The van der Waals surface area contributed by atoms with Crippen molar-refractivity contribution in [1.82, 2.24) is 9.97 Å².